The monoisotopic (exact) mass is 379 g/mol. The third kappa shape index (κ3) is 6.47. The van der Waals surface area contributed by atoms with Crippen molar-refractivity contribution in [3.63, 3.8) is 0 Å². The van der Waals surface area contributed by atoms with Crippen LogP contribution in [0.15, 0.2) is 54.6 Å². The Morgan fingerprint density at radius 1 is 1.07 bits per heavy atom. The zero-order valence-electron chi connectivity index (χ0n) is 17.2. The van der Waals surface area contributed by atoms with E-state index >= 15 is 0 Å². The molecule has 0 saturated carbocycles. The molecule has 1 saturated heterocycles. The van der Waals surface area contributed by atoms with Crippen molar-refractivity contribution in [1.29, 1.82) is 0 Å². The molecule has 1 aliphatic heterocycles. The molecule has 1 N–H and O–H groups in total. The van der Waals surface area contributed by atoms with Gasteiger partial charge in [0.2, 0.25) is 5.91 Å². The molecule has 0 radical (unpaired) electrons. The summed E-state index contributed by atoms with van der Waals surface area (Å²) in [6.45, 7) is 7.37. The lowest BCUT2D eigenvalue weighted by Crippen LogP contribution is -2.43. The number of hydrogen-bond donors (Lipinski definition) is 1. The maximum absolute atomic E-state index is 12.3. The summed E-state index contributed by atoms with van der Waals surface area (Å²) in [6.07, 6.45) is 2.34. The Hall–Kier alpha value is -2.17. The van der Waals surface area contributed by atoms with E-state index in [9.17, 15) is 4.79 Å². The molecule has 4 nitrogen and oxygen atoms in total. The van der Waals surface area contributed by atoms with Crippen LogP contribution in [0.1, 0.15) is 29.5 Å². The second-order valence-electron chi connectivity index (χ2n) is 8.11. The Balaban J connectivity index is 1.34. The van der Waals surface area contributed by atoms with Crippen molar-refractivity contribution in [3.05, 3.63) is 71.3 Å². The molecule has 0 atom stereocenters. The molecule has 0 unspecified atom stereocenters. The van der Waals surface area contributed by atoms with E-state index in [4.69, 9.17) is 0 Å². The van der Waals surface area contributed by atoms with Gasteiger partial charge in [-0.3, -0.25) is 9.69 Å². The van der Waals surface area contributed by atoms with Crippen LogP contribution >= 0.6 is 0 Å². The SMILES string of the molecule is Cc1ccccc1CNC(=O)CN1CCC(CN(C)Cc2ccccc2)CC1. The van der Waals surface area contributed by atoms with Crippen LogP contribution in [0.4, 0.5) is 0 Å². The van der Waals surface area contributed by atoms with Crippen LogP contribution in [0, 0.1) is 12.8 Å². The van der Waals surface area contributed by atoms with Crippen LogP contribution in [-0.2, 0) is 17.9 Å². The summed E-state index contributed by atoms with van der Waals surface area (Å²) in [7, 11) is 2.21. The van der Waals surface area contributed by atoms with Gasteiger partial charge >= 0.3 is 0 Å². The van der Waals surface area contributed by atoms with Crippen molar-refractivity contribution in [2.45, 2.75) is 32.9 Å². The molecule has 1 amide bonds. The second-order valence-corrected chi connectivity index (χ2v) is 8.11. The van der Waals surface area contributed by atoms with Crippen LogP contribution < -0.4 is 5.32 Å². The zero-order chi connectivity index (χ0) is 19.8. The zero-order valence-corrected chi connectivity index (χ0v) is 17.2. The molecule has 2 aromatic rings. The van der Waals surface area contributed by atoms with Crippen molar-refractivity contribution in [2.24, 2.45) is 5.92 Å². The maximum atomic E-state index is 12.3. The van der Waals surface area contributed by atoms with Crippen LogP contribution in [0.25, 0.3) is 0 Å². The van der Waals surface area contributed by atoms with E-state index in [2.05, 4.69) is 71.6 Å². The summed E-state index contributed by atoms with van der Waals surface area (Å²) in [5, 5.41) is 3.07. The first-order valence-electron chi connectivity index (χ1n) is 10.4. The topological polar surface area (TPSA) is 35.6 Å². The van der Waals surface area contributed by atoms with Gasteiger partial charge in [-0.15, -0.1) is 0 Å². The van der Waals surface area contributed by atoms with Crippen LogP contribution in [-0.4, -0.2) is 48.9 Å². The first-order chi connectivity index (χ1) is 13.6. The minimum atomic E-state index is 0.128. The van der Waals surface area contributed by atoms with E-state index in [0.717, 1.165) is 32.1 Å². The smallest absolute Gasteiger partial charge is 0.234 e. The van der Waals surface area contributed by atoms with Crippen molar-refractivity contribution < 1.29 is 4.79 Å². The molecular formula is C24H33N3O. The van der Waals surface area contributed by atoms with Crippen LogP contribution in [0.2, 0.25) is 0 Å². The summed E-state index contributed by atoms with van der Waals surface area (Å²) < 4.78 is 0. The lowest BCUT2D eigenvalue weighted by Gasteiger charge is -2.33. The van der Waals surface area contributed by atoms with Gasteiger partial charge in [-0.05, 0) is 62.5 Å². The van der Waals surface area contributed by atoms with Gasteiger partial charge in [0.15, 0.2) is 0 Å². The molecular weight excluding hydrogens is 346 g/mol. The van der Waals surface area contributed by atoms with Gasteiger partial charge < -0.3 is 10.2 Å². The summed E-state index contributed by atoms with van der Waals surface area (Å²) in [6, 6.07) is 18.9. The molecule has 2 aromatic carbocycles. The van der Waals surface area contributed by atoms with Gasteiger partial charge in [0, 0.05) is 19.6 Å². The number of rotatable bonds is 8. The van der Waals surface area contributed by atoms with Gasteiger partial charge in [-0.2, -0.15) is 0 Å². The van der Waals surface area contributed by atoms with E-state index in [1.807, 2.05) is 12.1 Å². The number of likely N-dealkylation sites (tertiary alicyclic amines) is 1. The van der Waals surface area contributed by atoms with E-state index in [-0.39, 0.29) is 5.91 Å². The van der Waals surface area contributed by atoms with Crippen molar-refractivity contribution >= 4 is 5.91 Å². The first-order valence-corrected chi connectivity index (χ1v) is 10.4. The fourth-order valence-electron chi connectivity index (χ4n) is 3.99. The maximum Gasteiger partial charge on any atom is 0.234 e. The molecule has 0 bridgehead atoms. The van der Waals surface area contributed by atoms with E-state index < -0.39 is 0 Å². The Morgan fingerprint density at radius 2 is 1.75 bits per heavy atom. The van der Waals surface area contributed by atoms with Crippen molar-refractivity contribution in [3.8, 4) is 0 Å². The lowest BCUT2D eigenvalue weighted by atomic mass is 9.96. The molecule has 0 aliphatic carbocycles. The van der Waals surface area contributed by atoms with Crippen molar-refractivity contribution in [2.75, 3.05) is 33.2 Å². The summed E-state index contributed by atoms with van der Waals surface area (Å²) in [5.74, 6) is 0.850. The van der Waals surface area contributed by atoms with Crippen LogP contribution in [0.5, 0.6) is 0 Å². The Labute approximate surface area is 169 Å². The van der Waals surface area contributed by atoms with Gasteiger partial charge in [-0.1, -0.05) is 54.6 Å². The number of nitrogens with zero attached hydrogens (tertiary/aromatic N) is 2. The Morgan fingerprint density at radius 3 is 2.46 bits per heavy atom. The number of amides is 1. The molecule has 0 spiro atoms. The number of piperidine rings is 1. The Bertz CT molecular complexity index is 739. The molecule has 4 heteroatoms. The number of aryl methyl sites for hydroxylation is 1. The highest BCUT2D eigenvalue weighted by Gasteiger charge is 2.21. The number of hydrogen-bond acceptors (Lipinski definition) is 3. The average Bonchev–Trinajstić information content (AvgIpc) is 2.69. The fourth-order valence-corrected chi connectivity index (χ4v) is 3.99. The second kappa shape index (κ2) is 10.4. The van der Waals surface area contributed by atoms with E-state index in [1.165, 1.54) is 29.5 Å². The Kier molecular flexibility index (Phi) is 7.63. The van der Waals surface area contributed by atoms with E-state index in [1.54, 1.807) is 0 Å². The van der Waals surface area contributed by atoms with Gasteiger partial charge in [0.1, 0.15) is 0 Å². The van der Waals surface area contributed by atoms with E-state index in [0.29, 0.717) is 13.1 Å². The van der Waals surface area contributed by atoms with Crippen LogP contribution in [0.3, 0.4) is 0 Å². The largest absolute Gasteiger partial charge is 0.351 e. The normalized spacial score (nSPS) is 15.7. The highest BCUT2D eigenvalue weighted by atomic mass is 16.2. The van der Waals surface area contributed by atoms with Gasteiger partial charge in [-0.25, -0.2) is 0 Å². The number of nitrogens with one attached hydrogen (secondary N) is 1. The molecule has 1 aliphatic rings. The molecule has 28 heavy (non-hydrogen) atoms. The summed E-state index contributed by atoms with van der Waals surface area (Å²) >= 11 is 0. The quantitative estimate of drug-likeness (QED) is 0.763. The predicted octanol–water partition coefficient (Wildman–Crippen LogP) is 3.46. The molecule has 0 aromatic heterocycles. The number of benzene rings is 2. The minimum Gasteiger partial charge on any atom is -0.351 e. The van der Waals surface area contributed by atoms with Crippen molar-refractivity contribution in [1.82, 2.24) is 15.1 Å². The number of carbonyl (C=O) groups is 1. The van der Waals surface area contributed by atoms with Gasteiger partial charge in [0.25, 0.3) is 0 Å². The third-order valence-electron chi connectivity index (χ3n) is 5.68. The lowest BCUT2D eigenvalue weighted by molar-refractivity contribution is -0.122. The average molecular weight is 380 g/mol. The summed E-state index contributed by atoms with van der Waals surface area (Å²) in [4.78, 5) is 17.0. The molecule has 3 rings (SSSR count). The highest BCUT2D eigenvalue weighted by molar-refractivity contribution is 5.78. The third-order valence-corrected chi connectivity index (χ3v) is 5.68. The first kappa shape index (κ1) is 20.6. The highest BCUT2D eigenvalue weighted by Crippen LogP contribution is 2.18. The molecule has 1 heterocycles. The summed E-state index contributed by atoms with van der Waals surface area (Å²) in [5.41, 5.74) is 3.78. The fraction of sp³-hybridized carbons (Fsp3) is 0.458. The molecule has 150 valence electrons. The standard InChI is InChI=1S/C24H33N3O/c1-20-8-6-7-11-23(20)16-25-24(28)19-27-14-12-22(13-15-27)18-26(2)17-21-9-4-3-5-10-21/h3-11,22H,12-19H2,1-2H3,(H,25,28). The minimum absolute atomic E-state index is 0.128. The predicted molar refractivity (Wildman–Crippen MR) is 115 cm³/mol. The molecule has 1 fully saturated rings. The number of carbonyl (C=O) groups excluding carboxylic acids is 1. The van der Waals surface area contributed by atoms with Gasteiger partial charge in [0.05, 0.1) is 6.54 Å².